The number of fused-ring (bicyclic) bond motifs is 1. The van der Waals surface area contributed by atoms with Gasteiger partial charge in [-0.3, -0.25) is 4.40 Å². The molecule has 0 spiro atoms. The van der Waals surface area contributed by atoms with Gasteiger partial charge in [0, 0.05) is 12.1 Å². The van der Waals surface area contributed by atoms with Crippen LogP contribution in [0.25, 0.3) is 5.65 Å². The van der Waals surface area contributed by atoms with Gasteiger partial charge in [-0.1, -0.05) is 19.3 Å². The molecule has 1 saturated carbocycles. The van der Waals surface area contributed by atoms with E-state index in [0.717, 1.165) is 22.7 Å². The van der Waals surface area contributed by atoms with E-state index in [1.807, 2.05) is 22.7 Å². The maximum Gasteiger partial charge on any atom is 0.139 e. The van der Waals surface area contributed by atoms with E-state index in [4.69, 9.17) is 10.8 Å². The summed E-state index contributed by atoms with van der Waals surface area (Å²) in [6, 6.07) is 3.79. The Morgan fingerprint density at radius 3 is 2.83 bits per heavy atom. The molecular formula is C14H19N3O. The lowest BCUT2D eigenvalue weighted by Crippen LogP contribution is -2.07. The number of pyridine rings is 1. The predicted octanol–water partition coefficient (Wildman–Crippen LogP) is 2.46. The lowest BCUT2D eigenvalue weighted by atomic mass is 9.87. The third kappa shape index (κ3) is 1.86. The van der Waals surface area contributed by atoms with Gasteiger partial charge in [-0.05, 0) is 30.5 Å². The summed E-state index contributed by atoms with van der Waals surface area (Å²) in [7, 11) is 0. The number of nitrogens with two attached hydrogens (primary N) is 1. The van der Waals surface area contributed by atoms with E-state index in [2.05, 4.69) is 4.98 Å². The second-order valence-electron chi connectivity index (χ2n) is 5.14. The summed E-state index contributed by atoms with van der Waals surface area (Å²) in [5, 5.41) is 9.15. The summed E-state index contributed by atoms with van der Waals surface area (Å²) in [6.07, 6.45) is 8.18. The highest BCUT2D eigenvalue weighted by Crippen LogP contribution is 2.35. The molecule has 0 aliphatic heterocycles. The first-order valence-electron chi connectivity index (χ1n) is 6.67. The van der Waals surface area contributed by atoms with Crippen LogP contribution in [0.5, 0.6) is 0 Å². The molecule has 18 heavy (non-hydrogen) atoms. The topological polar surface area (TPSA) is 63.5 Å². The summed E-state index contributed by atoms with van der Waals surface area (Å²) in [5.74, 6) is 1.28. The smallest absolute Gasteiger partial charge is 0.139 e. The van der Waals surface area contributed by atoms with Crippen LogP contribution in [0, 0.1) is 0 Å². The number of aliphatic hydroxyl groups excluding tert-OH is 1. The molecule has 2 heterocycles. The lowest BCUT2D eigenvalue weighted by Gasteiger charge is -2.20. The van der Waals surface area contributed by atoms with E-state index in [1.165, 1.54) is 32.1 Å². The lowest BCUT2D eigenvalue weighted by molar-refractivity contribution is 0.282. The van der Waals surface area contributed by atoms with Crippen molar-refractivity contribution >= 4 is 11.5 Å². The Bertz CT molecular complexity index is 555. The molecule has 4 heteroatoms. The van der Waals surface area contributed by atoms with E-state index in [1.54, 1.807) is 0 Å². The largest absolute Gasteiger partial charge is 0.392 e. The van der Waals surface area contributed by atoms with Crippen molar-refractivity contribution in [2.45, 2.75) is 44.6 Å². The van der Waals surface area contributed by atoms with E-state index in [0.29, 0.717) is 5.92 Å². The quantitative estimate of drug-likeness (QED) is 0.854. The number of rotatable bonds is 2. The van der Waals surface area contributed by atoms with Crippen LogP contribution in [0.3, 0.4) is 0 Å². The third-order valence-electron chi connectivity index (χ3n) is 3.93. The van der Waals surface area contributed by atoms with Gasteiger partial charge in [0.05, 0.1) is 12.3 Å². The average molecular weight is 245 g/mol. The number of anilines is 1. The van der Waals surface area contributed by atoms with Crippen molar-refractivity contribution < 1.29 is 5.11 Å². The zero-order chi connectivity index (χ0) is 12.5. The number of nitrogens with zero attached hydrogens (tertiary/aromatic N) is 2. The van der Waals surface area contributed by atoms with Gasteiger partial charge in [-0.15, -0.1) is 0 Å². The summed E-state index contributed by atoms with van der Waals surface area (Å²) >= 11 is 0. The van der Waals surface area contributed by atoms with Crippen LogP contribution in [0.4, 0.5) is 5.82 Å². The van der Waals surface area contributed by atoms with Crippen molar-refractivity contribution in [2.75, 3.05) is 5.73 Å². The Morgan fingerprint density at radius 1 is 1.33 bits per heavy atom. The maximum atomic E-state index is 9.15. The highest BCUT2D eigenvalue weighted by atomic mass is 16.3. The van der Waals surface area contributed by atoms with E-state index < -0.39 is 0 Å². The molecule has 0 atom stereocenters. The van der Waals surface area contributed by atoms with Crippen molar-refractivity contribution in [3.8, 4) is 0 Å². The van der Waals surface area contributed by atoms with Gasteiger partial charge < -0.3 is 10.8 Å². The van der Waals surface area contributed by atoms with Gasteiger partial charge in [0.15, 0.2) is 0 Å². The zero-order valence-corrected chi connectivity index (χ0v) is 10.5. The minimum Gasteiger partial charge on any atom is -0.392 e. The maximum absolute atomic E-state index is 9.15. The van der Waals surface area contributed by atoms with Crippen LogP contribution in [0.15, 0.2) is 18.3 Å². The Labute approximate surface area is 106 Å². The molecule has 3 rings (SSSR count). The predicted molar refractivity (Wildman–Crippen MR) is 71.4 cm³/mol. The van der Waals surface area contributed by atoms with Crippen molar-refractivity contribution in [1.82, 2.24) is 9.38 Å². The fraction of sp³-hybridized carbons (Fsp3) is 0.500. The molecule has 2 aromatic rings. The first kappa shape index (κ1) is 11.5. The SMILES string of the molecule is Nc1c(C2CCCCC2)nc2cc(CO)ccn12. The van der Waals surface area contributed by atoms with Crippen molar-refractivity contribution in [3.05, 3.63) is 29.6 Å². The zero-order valence-electron chi connectivity index (χ0n) is 10.5. The van der Waals surface area contributed by atoms with Gasteiger partial charge in [0.2, 0.25) is 0 Å². The normalized spacial score (nSPS) is 17.4. The molecule has 3 N–H and O–H groups in total. The molecule has 0 amide bonds. The van der Waals surface area contributed by atoms with Gasteiger partial charge >= 0.3 is 0 Å². The van der Waals surface area contributed by atoms with E-state index in [-0.39, 0.29) is 6.61 Å². The van der Waals surface area contributed by atoms with Crippen LogP contribution in [0.1, 0.15) is 49.3 Å². The number of imidazole rings is 1. The molecule has 0 aromatic carbocycles. The molecule has 0 unspecified atom stereocenters. The Balaban J connectivity index is 2.04. The second kappa shape index (κ2) is 4.61. The molecule has 1 aliphatic rings. The van der Waals surface area contributed by atoms with Crippen LogP contribution >= 0.6 is 0 Å². The highest BCUT2D eigenvalue weighted by molar-refractivity contribution is 5.55. The summed E-state index contributed by atoms with van der Waals surface area (Å²) in [4.78, 5) is 4.67. The first-order valence-corrected chi connectivity index (χ1v) is 6.67. The third-order valence-corrected chi connectivity index (χ3v) is 3.93. The number of aromatic nitrogens is 2. The minimum atomic E-state index is 0.0437. The number of hydrogen-bond donors (Lipinski definition) is 2. The van der Waals surface area contributed by atoms with Crippen molar-refractivity contribution in [2.24, 2.45) is 0 Å². The van der Waals surface area contributed by atoms with Gasteiger partial charge in [0.25, 0.3) is 0 Å². The molecule has 96 valence electrons. The standard InChI is InChI=1S/C14H19N3O/c15-14-13(11-4-2-1-3-5-11)16-12-8-10(9-18)6-7-17(12)14/h6-8,11,18H,1-5,9,15H2. The first-order chi connectivity index (χ1) is 8.79. The Morgan fingerprint density at radius 2 is 2.11 bits per heavy atom. The molecule has 0 bridgehead atoms. The highest BCUT2D eigenvalue weighted by Gasteiger charge is 2.21. The van der Waals surface area contributed by atoms with Crippen molar-refractivity contribution in [3.63, 3.8) is 0 Å². The van der Waals surface area contributed by atoms with Crippen LogP contribution in [0.2, 0.25) is 0 Å². The molecule has 4 nitrogen and oxygen atoms in total. The average Bonchev–Trinajstić information content (AvgIpc) is 2.76. The second-order valence-corrected chi connectivity index (χ2v) is 5.14. The Kier molecular flexibility index (Phi) is 2.96. The molecule has 0 radical (unpaired) electrons. The number of hydrogen-bond acceptors (Lipinski definition) is 3. The monoisotopic (exact) mass is 245 g/mol. The summed E-state index contributed by atoms with van der Waals surface area (Å²) < 4.78 is 1.92. The minimum absolute atomic E-state index is 0.0437. The fourth-order valence-electron chi connectivity index (χ4n) is 2.90. The van der Waals surface area contributed by atoms with Crippen LogP contribution in [-0.4, -0.2) is 14.5 Å². The van der Waals surface area contributed by atoms with Gasteiger partial charge in [-0.25, -0.2) is 4.98 Å². The molecule has 1 aliphatic carbocycles. The van der Waals surface area contributed by atoms with Crippen LogP contribution in [-0.2, 0) is 6.61 Å². The summed E-state index contributed by atoms with van der Waals surface area (Å²) in [6.45, 7) is 0.0437. The fourth-order valence-corrected chi connectivity index (χ4v) is 2.90. The van der Waals surface area contributed by atoms with Crippen molar-refractivity contribution in [1.29, 1.82) is 0 Å². The van der Waals surface area contributed by atoms with E-state index >= 15 is 0 Å². The Hall–Kier alpha value is -1.55. The van der Waals surface area contributed by atoms with Gasteiger partial charge in [0.1, 0.15) is 11.5 Å². The number of nitrogen functional groups attached to an aromatic ring is 1. The van der Waals surface area contributed by atoms with E-state index in [9.17, 15) is 0 Å². The molecule has 1 fully saturated rings. The van der Waals surface area contributed by atoms with Gasteiger partial charge in [-0.2, -0.15) is 0 Å². The molecule has 2 aromatic heterocycles. The number of aliphatic hydroxyl groups is 1. The van der Waals surface area contributed by atoms with Crippen LogP contribution < -0.4 is 5.73 Å². The molecular weight excluding hydrogens is 226 g/mol. The molecule has 0 saturated heterocycles. The summed E-state index contributed by atoms with van der Waals surface area (Å²) in [5.41, 5.74) is 8.97.